The lowest BCUT2D eigenvalue weighted by Crippen LogP contribution is -2.31. The van der Waals surface area contributed by atoms with Crippen molar-refractivity contribution in [2.24, 2.45) is 0 Å². The molecule has 2 heterocycles. The highest BCUT2D eigenvalue weighted by Crippen LogP contribution is 2.57. The number of halogens is 1. The second-order valence-electron chi connectivity index (χ2n) is 8.96. The summed E-state index contributed by atoms with van der Waals surface area (Å²) in [6.07, 6.45) is 1.79. The number of hydrogen-bond donors (Lipinski definition) is 0. The smallest absolute Gasteiger partial charge is 0.163 e. The first kappa shape index (κ1) is 21.0. The molecule has 0 saturated carbocycles. The van der Waals surface area contributed by atoms with E-state index >= 15 is 0 Å². The first-order valence-electron chi connectivity index (χ1n) is 11.9. The molecule has 6 aromatic rings. The first-order valence-corrected chi connectivity index (χ1v) is 12.3. The van der Waals surface area contributed by atoms with Crippen molar-refractivity contribution in [2.45, 2.75) is 5.41 Å². The van der Waals surface area contributed by atoms with E-state index in [0.717, 1.165) is 49.5 Å². The Hall–Kier alpha value is -4.34. The second-order valence-corrected chi connectivity index (χ2v) is 9.37. The molecular formula is C32H20ClN3. The summed E-state index contributed by atoms with van der Waals surface area (Å²) >= 11 is 6.87. The summed E-state index contributed by atoms with van der Waals surface area (Å²) in [5.74, 6) is 0.687. The maximum atomic E-state index is 6.87. The summed E-state index contributed by atoms with van der Waals surface area (Å²) in [5.41, 5.74) is 7.25. The van der Waals surface area contributed by atoms with Crippen molar-refractivity contribution in [3.05, 3.63) is 149 Å². The molecule has 0 fully saturated rings. The van der Waals surface area contributed by atoms with Crippen LogP contribution in [0.5, 0.6) is 0 Å². The van der Waals surface area contributed by atoms with E-state index in [1.54, 1.807) is 6.20 Å². The minimum Gasteiger partial charge on any atom is -0.237 e. The molecule has 1 atom stereocenters. The van der Waals surface area contributed by atoms with E-state index in [2.05, 4.69) is 71.7 Å². The number of nitrogens with zero attached hydrogens (tertiary/aromatic N) is 3. The van der Waals surface area contributed by atoms with Crippen molar-refractivity contribution in [3.63, 3.8) is 0 Å². The highest BCUT2D eigenvalue weighted by atomic mass is 35.5. The molecule has 3 nitrogen and oxygen atoms in total. The van der Waals surface area contributed by atoms with Gasteiger partial charge in [-0.2, -0.15) is 0 Å². The highest BCUT2D eigenvalue weighted by Gasteiger charge is 2.49. The molecule has 2 aromatic heterocycles. The molecule has 0 amide bonds. The lowest BCUT2D eigenvalue weighted by atomic mass is 9.71. The SMILES string of the molecule is Clc1cccc2c1-c1ccccc1C2(c1ccccc1)c1nc(-c2ccccc2)c2cccnc2n1. The fourth-order valence-corrected chi connectivity index (χ4v) is 5.88. The standard InChI is InChI=1S/C32H20ClN3/c33-27-19-9-18-26-28(27)23-15-7-8-17-25(23)32(26,22-13-5-2-6-14-22)31-35-29(21-11-3-1-4-12-21)24-16-10-20-34-30(24)36-31/h1-20H. The van der Waals surface area contributed by atoms with Crippen molar-refractivity contribution in [1.29, 1.82) is 0 Å². The predicted molar refractivity (Wildman–Crippen MR) is 145 cm³/mol. The van der Waals surface area contributed by atoms with Crippen molar-refractivity contribution in [1.82, 2.24) is 15.0 Å². The molecule has 0 spiro atoms. The van der Waals surface area contributed by atoms with Crippen LogP contribution in [0.25, 0.3) is 33.4 Å². The summed E-state index contributed by atoms with van der Waals surface area (Å²) in [4.78, 5) is 15.2. The molecule has 0 saturated heterocycles. The van der Waals surface area contributed by atoms with E-state index in [1.807, 2.05) is 48.5 Å². The van der Waals surface area contributed by atoms with Gasteiger partial charge in [-0.05, 0) is 40.5 Å². The second kappa shape index (κ2) is 8.11. The van der Waals surface area contributed by atoms with Crippen LogP contribution in [0.15, 0.2) is 121 Å². The highest BCUT2D eigenvalue weighted by molar-refractivity contribution is 6.34. The van der Waals surface area contributed by atoms with Gasteiger partial charge in [0.15, 0.2) is 11.5 Å². The summed E-state index contributed by atoms with van der Waals surface area (Å²) in [5, 5.41) is 1.65. The van der Waals surface area contributed by atoms with Gasteiger partial charge in [0.2, 0.25) is 0 Å². The van der Waals surface area contributed by atoms with Crippen molar-refractivity contribution < 1.29 is 0 Å². The van der Waals surface area contributed by atoms with Gasteiger partial charge in [-0.3, -0.25) is 0 Å². The molecule has 4 heteroatoms. The van der Waals surface area contributed by atoms with Gasteiger partial charge in [0.1, 0.15) is 5.41 Å². The minimum absolute atomic E-state index is 0.671. The number of rotatable bonds is 3. The van der Waals surface area contributed by atoms with Crippen LogP contribution in [0.4, 0.5) is 0 Å². The van der Waals surface area contributed by atoms with Gasteiger partial charge < -0.3 is 0 Å². The molecule has 36 heavy (non-hydrogen) atoms. The Kier molecular flexibility index (Phi) is 4.73. The van der Waals surface area contributed by atoms with Crippen LogP contribution >= 0.6 is 11.6 Å². The van der Waals surface area contributed by atoms with Crippen molar-refractivity contribution in [2.75, 3.05) is 0 Å². The van der Waals surface area contributed by atoms with Gasteiger partial charge in [-0.1, -0.05) is 109 Å². The van der Waals surface area contributed by atoms with E-state index in [4.69, 9.17) is 21.6 Å². The maximum Gasteiger partial charge on any atom is 0.163 e. The van der Waals surface area contributed by atoms with E-state index in [1.165, 1.54) is 0 Å². The van der Waals surface area contributed by atoms with Gasteiger partial charge in [0, 0.05) is 27.7 Å². The number of hydrogen-bond acceptors (Lipinski definition) is 3. The monoisotopic (exact) mass is 481 g/mol. The van der Waals surface area contributed by atoms with Crippen LogP contribution < -0.4 is 0 Å². The van der Waals surface area contributed by atoms with Crippen LogP contribution in [0.3, 0.4) is 0 Å². The minimum atomic E-state index is -0.743. The zero-order chi connectivity index (χ0) is 24.1. The van der Waals surface area contributed by atoms with E-state index in [9.17, 15) is 0 Å². The quantitative estimate of drug-likeness (QED) is 0.259. The maximum absolute atomic E-state index is 6.87. The predicted octanol–water partition coefficient (Wildman–Crippen LogP) is 7.71. The van der Waals surface area contributed by atoms with Crippen LogP contribution in [0.2, 0.25) is 5.02 Å². The van der Waals surface area contributed by atoms with Crippen LogP contribution in [0, 0.1) is 0 Å². The topological polar surface area (TPSA) is 38.7 Å². The molecule has 0 radical (unpaired) electrons. The molecule has 7 rings (SSSR count). The molecule has 1 aliphatic rings. The first-order chi connectivity index (χ1) is 17.8. The third kappa shape index (κ3) is 2.90. The Balaban J connectivity index is 1.67. The average Bonchev–Trinajstić information content (AvgIpc) is 3.26. The van der Waals surface area contributed by atoms with Crippen molar-refractivity contribution >= 4 is 22.6 Å². The number of fused-ring (bicyclic) bond motifs is 4. The Bertz CT molecular complexity index is 1750. The zero-order valence-corrected chi connectivity index (χ0v) is 20.0. The molecular weight excluding hydrogens is 462 g/mol. The third-order valence-electron chi connectivity index (χ3n) is 7.08. The third-order valence-corrected chi connectivity index (χ3v) is 7.39. The molecule has 0 N–H and O–H groups in total. The summed E-state index contributed by atoms with van der Waals surface area (Å²) < 4.78 is 0. The van der Waals surface area contributed by atoms with Crippen LogP contribution in [-0.2, 0) is 5.41 Å². The van der Waals surface area contributed by atoms with E-state index in [0.29, 0.717) is 11.5 Å². The Morgan fingerprint density at radius 3 is 2.17 bits per heavy atom. The van der Waals surface area contributed by atoms with E-state index < -0.39 is 5.41 Å². The molecule has 170 valence electrons. The molecule has 0 aliphatic heterocycles. The fourth-order valence-electron chi connectivity index (χ4n) is 5.60. The number of aromatic nitrogens is 3. The summed E-state index contributed by atoms with van der Waals surface area (Å²) in [6.45, 7) is 0. The molecule has 1 aliphatic carbocycles. The van der Waals surface area contributed by atoms with Crippen LogP contribution in [-0.4, -0.2) is 15.0 Å². The van der Waals surface area contributed by atoms with Gasteiger partial charge in [-0.15, -0.1) is 0 Å². The molecule has 0 bridgehead atoms. The zero-order valence-electron chi connectivity index (χ0n) is 19.3. The Morgan fingerprint density at radius 2 is 1.33 bits per heavy atom. The summed E-state index contributed by atoms with van der Waals surface area (Å²) in [6, 6.07) is 39.3. The Labute approximate surface area is 214 Å². The van der Waals surface area contributed by atoms with Gasteiger partial charge in [0.25, 0.3) is 0 Å². The van der Waals surface area contributed by atoms with Gasteiger partial charge in [-0.25, -0.2) is 15.0 Å². The van der Waals surface area contributed by atoms with Gasteiger partial charge >= 0.3 is 0 Å². The van der Waals surface area contributed by atoms with Gasteiger partial charge in [0.05, 0.1) is 5.69 Å². The summed E-state index contributed by atoms with van der Waals surface area (Å²) in [7, 11) is 0. The lowest BCUT2D eigenvalue weighted by Gasteiger charge is -2.32. The van der Waals surface area contributed by atoms with Crippen molar-refractivity contribution in [3.8, 4) is 22.4 Å². The molecule has 1 unspecified atom stereocenters. The average molecular weight is 482 g/mol. The Morgan fingerprint density at radius 1 is 0.611 bits per heavy atom. The lowest BCUT2D eigenvalue weighted by molar-refractivity contribution is 0.703. The number of pyridine rings is 1. The van der Waals surface area contributed by atoms with Crippen LogP contribution in [0.1, 0.15) is 22.5 Å². The normalized spacial score (nSPS) is 16.0. The fraction of sp³-hybridized carbons (Fsp3) is 0.0312. The van der Waals surface area contributed by atoms with E-state index in [-0.39, 0.29) is 0 Å². The molecule has 4 aromatic carbocycles. The largest absolute Gasteiger partial charge is 0.237 e. The number of benzene rings is 4.